The number of morpholine rings is 1. The lowest BCUT2D eigenvalue weighted by atomic mass is 10.1. The molecule has 3 amide bonds. The van der Waals surface area contributed by atoms with Crippen LogP contribution in [0.3, 0.4) is 0 Å². The van der Waals surface area contributed by atoms with Gasteiger partial charge in [-0.1, -0.05) is 36.4 Å². The van der Waals surface area contributed by atoms with Crippen LogP contribution in [0.5, 0.6) is 0 Å². The first-order valence-electron chi connectivity index (χ1n) is 12.9. The molecule has 38 heavy (non-hydrogen) atoms. The van der Waals surface area contributed by atoms with E-state index in [-0.39, 0.29) is 12.5 Å². The highest BCUT2D eigenvalue weighted by molar-refractivity contribution is 5.92. The highest BCUT2D eigenvalue weighted by Gasteiger charge is 2.24. The fourth-order valence-corrected chi connectivity index (χ4v) is 4.33. The summed E-state index contributed by atoms with van der Waals surface area (Å²) in [7, 11) is 0. The average Bonchev–Trinajstić information content (AvgIpc) is 3.34. The summed E-state index contributed by atoms with van der Waals surface area (Å²) < 4.78 is 24.9. The van der Waals surface area contributed by atoms with E-state index in [9.17, 15) is 14.0 Å². The number of halogens is 1. The Morgan fingerprint density at radius 2 is 1.76 bits per heavy atom. The van der Waals surface area contributed by atoms with Crippen LogP contribution in [0, 0.1) is 12.7 Å². The summed E-state index contributed by atoms with van der Waals surface area (Å²) in [5.41, 5.74) is 1.46. The van der Waals surface area contributed by atoms with Gasteiger partial charge < -0.3 is 24.3 Å². The molecule has 0 radical (unpaired) electrons. The zero-order valence-corrected chi connectivity index (χ0v) is 21.8. The maximum absolute atomic E-state index is 13.7. The summed E-state index contributed by atoms with van der Waals surface area (Å²) in [5.74, 6) is 0.830. The van der Waals surface area contributed by atoms with Crippen molar-refractivity contribution in [1.82, 2.24) is 14.7 Å². The number of carbonyl (C=O) groups is 2. The Bertz CT molecular complexity index is 1180. The Kier molecular flexibility index (Phi) is 9.89. The maximum Gasteiger partial charge on any atom is 0.322 e. The molecule has 0 saturated carbocycles. The van der Waals surface area contributed by atoms with E-state index in [4.69, 9.17) is 9.15 Å². The van der Waals surface area contributed by atoms with Gasteiger partial charge in [0.2, 0.25) is 5.91 Å². The highest BCUT2D eigenvalue weighted by atomic mass is 19.1. The summed E-state index contributed by atoms with van der Waals surface area (Å²) in [6.07, 6.45) is 0.676. The van der Waals surface area contributed by atoms with Gasteiger partial charge in [-0.15, -0.1) is 0 Å². The van der Waals surface area contributed by atoms with E-state index >= 15 is 0 Å². The number of benzene rings is 2. The number of nitrogens with zero attached hydrogens (tertiary/aromatic N) is 3. The van der Waals surface area contributed by atoms with Crippen molar-refractivity contribution < 1.29 is 23.1 Å². The first-order chi connectivity index (χ1) is 18.5. The molecule has 1 aliphatic rings. The van der Waals surface area contributed by atoms with Gasteiger partial charge >= 0.3 is 6.03 Å². The molecule has 0 bridgehead atoms. The highest BCUT2D eigenvalue weighted by Crippen LogP contribution is 2.14. The van der Waals surface area contributed by atoms with E-state index in [1.165, 1.54) is 23.1 Å². The Hall–Kier alpha value is -3.69. The van der Waals surface area contributed by atoms with Crippen molar-refractivity contribution in [2.24, 2.45) is 0 Å². The third-order valence-corrected chi connectivity index (χ3v) is 6.49. The van der Waals surface area contributed by atoms with Crippen molar-refractivity contribution in [1.29, 1.82) is 0 Å². The van der Waals surface area contributed by atoms with Crippen LogP contribution in [-0.4, -0.2) is 79.1 Å². The topological polar surface area (TPSA) is 78.3 Å². The Morgan fingerprint density at radius 1 is 0.974 bits per heavy atom. The second kappa shape index (κ2) is 13.7. The van der Waals surface area contributed by atoms with Crippen LogP contribution in [0.15, 0.2) is 71.1 Å². The summed E-state index contributed by atoms with van der Waals surface area (Å²) in [4.78, 5) is 32.3. The van der Waals surface area contributed by atoms with Crippen LogP contribution in [0.25, 0.3) is 0 Å². The average molecular weight is 523 g/mol. The quantitative estimate of drug-likeness (QED) is 0.409. The molecule has 4 rings (SSSR count). The first kappa shape index (κ1) is 27.3. The molecule has 0 atom stereocenters. The number of urea groups is 1. The van der Waals surface area contributed by atoms with Crippen molar-refractivity contribution in [3.05, 3.63) is 89.6 Å². The molecule has 1 aromatic heterocycles. The maximum atomic E-state index is 13.7. The second-order valence-corrected chi connectivity index (χ2v) is 9.38. The van der Waals surface area contributed by atoms with Crippen LogP contribution in [-0.2, 0) is 22.5 Å². The largest absolute Gasteiger partial charge is 0.464 e. The van der Waals surface area contributed by atoms with Crippen molar-refractivity contribution >= 4 is 17.6 Å². The molecule has 1 saturated heterocycles. The van der Waals surface area contributed by atoms with Crippen molar-refractivity contribution in [2.45, 2.75) is 19.9 Å². The number of amides is 3. The fraction of sp³-hybridized carbons (Fsp3) is 0.379. The SMILES string of the molecule is Cc1ccc(CN(CCc2ccccc2)C(=O)CN(CCN2CCOCC2)C(=O)Nc2cccc(F)c2)o1. The summed E-state index contributed by atoms with van der Waals surface area (Å²) >= 11 is 0. The molecule has 0 spiro atoms. The monoisotopic (exact) mass is 522 g/mol. The number of hydrogen-bond acceptors (Lipinski definition) is 5. The predicted molar refractivity (Wildman–Crippen MR) is 143 cm³/mol. The number of ether oxygens (including phenoxy) is 1. The molecule has 0 aliphatic carbocycles. The van der Waals surface area contributed by atoms with Gasteiger partial charge in [0.15, 0.2) is 0 Å². The van der Waals surface area contributed by atoms with Gasteiger partial charge in [-0.2, -0.15) is 0 Å². The molecule has 2 aromatic carbocycles. The lowest BCUT2D eigenvalue weighted by Gasteiger charge is -2.31. The summed E-state index contributed by atoms with van der Waals surface area (Å²) in [6, 6.07) is 19.0. The molecule has 1 fully saturated rings. The second-order valence-electron chi connectivity index (χ2n) is 9.38. The Balaban J connectivity index is 1.47. The summed E-state index contributed by atoms with van der Waals surface area (Å²) in [6.45, 7) is 6.32. The zero-order chi connectivity index (χ0) is 26.7. The molecule has 8 nitrogen and oxygen atoms in total. The van der Waals surface area contributed by atoms with Crippen LogP contribution in [0.2, 0.25) is 0 Å². The van der Waals surface area contributed by atoms with Crippen LogP contribution in [0.4, 0.5) is 14.9 Å². The van der Waals surface area contributed by atoms with Gasteiger partial charge in [0.05, 0.1) is 19.8 Å². The molecule has 0 unspecified atom stereocenters. The number of rotatable bonds is 11. The van der Waals surface area contributed by atoms with E-state index in [1.807, 2.05) is 49.4 Å². The minimum atomic E-state index is -0.450. The minimum Gasteiger partial charge on any atom is -0.464 e. The van der Waals surface area contributed by atoms with E-state index in [1.54, 1.807) is 11.0 Å². The van der Waals surface area contributed by atoms with Gasteiger partial charge in [-0.05, 0) is 49.2 Å². The van der Waals surface area contributed by atoms with Crippen LogP contribution in [0.1, 0.15) is 17.1 Å². The smallest absolute Gasteiger partial charge is 0.322 e. The molecular weight excluding hydrogens is 487 g/mol. The molecule has 1 N–H and O–H groups in total. The van der Waals surface area contributed by atoms with Gasteiger partial charge in [-0.3, -0.25) is 9.69 Å². The van der Waals surface area contributed by atoms with Gasteiger partial charge in [0, 0.05) is 38.4 Å². The molecule has 202 valence electrons. The van der Waals surface area contributed by atoms with E-state index in [0.29, 0.717) is 57.3 Å². The van der Waals surface area contributed by atoms with Gasteiger partial charge in [0.25, 0.3) is 0 Å². The van der Waals surface area contributed by atoms with Crippen molar-refractivity contribution in [3.63, 3.8) is 0 Å². The molecular formula is C29H35FN4O4. The predicted octanol–water partition coefficient (Wildman–Crippen LogP) is 4.16. The van der Waals surface area contributed by atoms with E-state index < -0.39 is 11.8 Å². The third kappa shape index (κ3) is 8.43. The zero-order valence-electron chi connectivity index (χ0n) is 21.8. The van der Waals surface area contributed by atoms with E-state index in [0.717, 1.165) is 24.4 Å². The normalized spacial score (nSPS) is 13.7. The number of hydrogen-bond donors (Lipinski definition) is 1. The number of furan rings is 1. The Labute approximate surface area is 223 Å². The first-order valence-corrected chi connectivity index (χ1v) is 12.9. The number of carbonyl (C=O) groups excluding carboxylic acids is 2. The van der Waals surface area contributed by atoms with Gasteiger partial charge in [0.1, 0.15) is 23.9 Å². The van der Waals surface area contributed by atoms with Crippen LogP contribution < -0.4 is 5.32 Å². The number of aryl methyl sites for hydroxylation is 1. The molecule has 1 aliphatic heterocycles. The van der Waals surface area contributed by atoms with E-state index in [2.05, 4.69) is 10.2 Å². The molecule has 2 heterocycles. The van der Waals surface area contributed by atoms with Crippen LogP contribution >= 0.6 is 0 Å². The van der Waals surface area contributed by atoms with Gasteiger partial charge in [-0.25, -0.2) is 9.18 Å². The lowest BCUT2D eigenvalue weighted by Crippen LogP contribution is -2.48. The molecule has 3 aromatic rings. The number of nitrogens with one attached hydrogen (secondary N) is 1. The fourth-order valence-electron chi connectivity index (χ4n) is 4.33. The minimum absolute atomic E-state index is 0.111. The summed E-state index contributed by atoms with van der Waals surface area (Å²) in [5, 5.41) is 2.74. The van der Waals surface area contributed by atoms with Crippen molar-refractivity contribution in [3.8, 4) is 0 Å². The molecule has 9 heteroatoms. The lowest BCUT2D eigenvalue weighted by molar-refractivity contribution is -0.132. The number of anilines is 1. The standard InChI is InChI=1S/C29H35FN4O4/c1-23-10-11-27(38-23)21-33(13-12-24-6-3-2-4-7-24)28(35)22-34(15-14-32-16-18-37-19-17-32)29(36)31-26-9-5-8-25(30)20-26/h2-11,20H,12-19,21-22H2,1H3,(H,31,36). The van der Waals surface area contributed by atoms with Crippen molar-refractivity contribution in [2.75, 3.05) is 57.8 Å². The Morgan fingerprint density at radius 3 is 2.47 bits per heavy atom. The third-order valence-electron chi connectivity index (χ3n) is 6.49.